The topological polar surface area (TPSA) is 87.2 Å². The molecular formula is C30H36Cl2N2O5. The van der Waals surface area contributed by atoms with E-state index in [-0.39, 0.29) is 49.8 Å². The molecule has 1 aliphatic carbocycles. The lowest BCUT2D eigenvalue weighted by atomic mass is 9.81. The van der Waals surface area contributed by atoms with Gasteiger partial charge in [0.25, 0.3) is 0 Å². The number of nitrogens with zero attached hydrogens (tertiary/aromatic N) is 2. The molecule has 1 saturated carbocycles. The second-order valence-corrected chi connectivity index (χ2v) is 11.5. The lowest BCUT2D eigenvalue weighted by molar-refractivity contribution is -0.143. The van der Waals surface area contributed by atoms with E-state index in [1.807, 2.05) is 37.3 Å². The lowest BCUT2D eigenvalue weighted by Crippen LogP contribution is -2.34. The predicted octanol–water partition coefficient (Wildman–Crippen LogP) is 6.28. The van der Waals surface area contributed by atoms with Crippen LogP contribution in [0.2, 0.25) is 10.0 Å². The van der Waals surface area contributed by atoms with E-state index < -0.39 is 5.97 Å². The lowest BCUT2D eigenvalue weighted by Gasteiger charge is -2.35. The molecule has 0 spiro atoms. The Bertz CT molecular complexity index is 1200. The average molecular weight is 576 g/mol. The van der Waals surface area contributed by atoms with Crippen molar-refractivity contribution in [3.8, 4) is 5.75 Å². The van der Waals surface area contributed by atoms with Crippen molar-refractivity contribution in [2.45, 2.75) is 65.0 Å². The van der Waals surface area contributed by atoms with Crippen LogP contribution in [0.5, 0.6) is 5.75 Å². The van der Waals surface area contributed by atoms with Gasteiger partial charge in [-0.1, -0.05) is 41.4 Å². The van der Waals surface area contributed by atoms with Gasteiger partial charge in [0.1, 0.15) is 12.4 Å². The number of rotatable bonds is 11. The van der Waals surface area contributed by atoms with Crippen molar-refractivity contribution in [1.82, 2.24) is 9.80 Å². The minimum Gasteiger partial charge on any atom is -0.491 e. The molecule has 210 valence electrons. The number of aryl methyl sites for hydroxylation is 1. The Morgan fingerprint density at radius 3 is 2.36 bits per heavy atom. The Labute approximate surface area is 240 Å². The largest absolute Gasteiger partial charge is 0.491 e. The molecule has 1 unspecified atom stereocenters. The van der Waals surface area contributed by atoms with Gasteiger partial charge in [-0.2, -0.15) is 0 Å². The molecule has 1 N–H and O–H groups in total. The number of likely N-dealkylation sites (tertiary alicyclic amines) is 1. The number of amides is 2. The van der Waals surface area contributed by atoms with Gasteiger partial charge in [0.15, 0.2) is 0 Å². The molecule has 1 atom stereocenters. The number of carboxylic acids is 1. The van der Waals surface area contributed by atoms with E-state index in [9.17, 15) is 19.5 Å². The molecule has 0 bridgehead atoms. The fraction of sp³-hybridized carbons (Fsp3) is 0.500. The fourth-order valence-electron chi connectivity index (χ4n) is 5.59. The van der Waals surface area contributed by atoms with E-state index >= 15 is 0 Å². The summed E-state index contributed by atoms with van der Waals surface area (Å²) < 4.78 is 5.91. The molecule has 2 fully saturated rings. The van der Waals surface area contributed by atoms with Crippen molar-refractivity contribution in [3.63, 3.8) is 0 Å². The molecule has 2 aromatic carbocycles. The third kappa shape index (κ3) is 7.53. The number of aliphatic carboxylic acids is 1. The summed E-state index contributed by atoms with van der Waals surface area (Å²) in [6.07, 6.45) is 3.80. The van der Waals surface area contributed by atoms with Crippen LogP contribution in [-0.4, -0.2) is 52.4 Å². The van der Waals surface area contributed by atoms with Crippen molar-refractivity contribution in [3.05, 3.63) is 63.1 Å². The predicted molar refractivity (Wildman–Crippen MR) is 151 cm³/mol. The minimum atomic E-state index is -0.689. The highest BCUT2D eigenvalue weighted by molar-refractivity contribution is 6.42. The summed E-state index contributed by atoms with van der Waals surface area (Å²) in [4.78, 5) is 38.8. The van der Waals surface area contributed by atoms with Gasteiger partial charge in [-0.15, -0.1) is 0 Å². The molecule has 0 aromatic heterocycles. The first-order valence-corrected chi connectivity index (χ1v) is 14.3. The van der Waals surface area contributed by atoms with Gasteiger partial charge in [0, 0.05) is 32.0 Å². The second kappa shape index (κ2) is 13.2. The van der Waals surface area contributed by atoms with Crippen LogP contribution in [0.4, 0.5) is 0 Å². The smallest absolute Gasteiger partial charge is 0.306 e. The van der Waals surface area contributed by atoms with Crippen LogP contribution in [0.1, 0.15) is 68.2 Å². The summed E-state index contributed by atoms with van der Waals surface area (Å²) in [7, 11) is 0. The number of hydrogen-bond acceptors (Lipinski definition) is 5. The molecule has 2 aromatic rings. The Morgan fingerprint density at radius 1 is 1.05 bits per heavy atom. The maximum absolute atomic E-state index is 11.8. The zero-order valence-electron chi connectivity index (χ0n) is 22.5. The highest BCUT2D eigenvalue weighted by atomic mass is 35.5. The molecule has 1 heterocycles. The van der Waals surface area contributed by atoms with Crippen LogP contribution >= 0.6 is 23.2 Å². The van der Waals surface area contributed by atoms with Crippen molar-refractivity contribution in [1.29, 1.82) is 0 Å². The number of halogens is 2. The fourth-order valence-corrected chi connectivity index (χ4v) is 5.90. The highest BCUT2D eigenvalue weighted by Gasteiger charge is 2.30. The Hall–Kier alpha value is -2.61. The van der Waals surface area contributed by atoms with E-state index in [2.05, 4.69) is 17.9 Å². The van der Waals surface area contributed by atoms with Gasteiger partial charge < -0.3 is 9.84 Å². The normalized spacial score (nSPS) is 20.5. The van der Waals surface area contributed by atoms with Crippen molar-refractivity contribution >= 4 is 41.0 Å². The van der Waals surface area contributed by atoms with Crippen molar-refractivity contribution in [2.75, 3.05) is 19.7 Å². The van der Waals surface area contributed by atoms with Gasteiger partial charge in [0.05, 0.1) is 22.5 Å². The first-order chi connectivity index (χ1) is 18.6. The monoisotopic (exact) mass is 574 g/mol. The molecule has 7 nitrogen and oxygen atoms in total. The summed E-state index contributed by atoms with van der Waals surface area (Å²) in [6, 6.07) is 11.9. The molecule has 39 heavy (non-hydrogen) atoms. The molecule has 0 radical (unpaired) electrons. The molecule has 4 rings (SSSR count). The summed E-state index contributed by atoms with van der Waals surface area (Å²) in [6.45, 7) is 6.23. The number of carbonyl (C=O) groups excluding carboxylic acids is 2. The van der Waals surface area contributed by atoms with E-state index in [4.69, 9.17) is 27.9 Å². The maximum atomic E-state index is 11.8. The zero-order valence-corrected chi connectivity index (χ0v) is 24.0. The van der Waals surface area contributed by atoms with Crippen LogP contribution < -0.4 is 4.74 Å². The number of hydrogen-bond donors (Lipinski definition) is 1. The molecule has 1 saturated heterocycles. The summed E-state index contributed by atoms with van der Waals surface area (Å²) in [5.41, 5.74) is 3.19. The first-order valence-electron chi connectivity index (χ1n) is 13.6. The quantitative estimate of drug-likeness (QED) is 0.317. The van der Waals surface area contributed by atoms with Gasteiger partial charge in [0.2, 0.25) is 11.8 Å². The number of imide groups is 1. The third-order valence-electron chi connectivity index (χ3n) is 8.01. The Balaban J connectivity index is 1.44. The van der Waals surface area contributed by atoms with Gasteiger partial charge in [-0.3, -0.25) is 24.2 Å². The number of carbonyl (C=O) groups is 3. The maximum Gasteiger partial charge on any atom is 0.306 e. The van der Waals surface area contributed by atoms with E-state index in [0.717, 1.165) is 54.7 Å². The molecule has 2 aliphatic rings. The van der Waals surface area contributed by atoms with E-state index in [1.54, 1.807) is 0 Å². The number of carboxylic acid groups (broad SMARTS) is 1. The SMILES string of the molecule is Cc1cc(CN(C[C@H]2CC[C@H](C(=O)O)CC2)C(C)c2ccc(Cl)c(Cl)c2)ccc1OCCN1C(=O)CCC1=O. The van der Waals surface area contributed by atoms with Gasteiger partial charge >= 0.3 is 5.97 Å². The standard InChI is InChI=1S/C30H36Cl2N2O5/c1-19-15-22(5-10-27(19)39-14-13-34-28(35)11-12-29(34)36)18-33(17-21-3-6-23(7-4-21)30(37)38)20(2)24-8-9-25(31)26(32)16-24/h5,8-10,15-16,20-21,23H,3-4,6-7,11-14,17-18H2,1-2H3,(H,37,38)/t20?,21-,23-. The van der Waals surface area contributed by atoms with Crippen LogP contribution in [0.25, 0.3) is 0 Å². The van der Waals surface area contributed by atoms with Crippen LogP contribution in [0.15, 0.2) is 36.4 Å². The minimum absolute atomic E-state index is 0.0729. The van der Waals surface area contributed by atoms with Crippen LogP contribution in [0.3, 0.4) is 0 Å². The van der Waals surface area contributed by atoms with Gasteiger partial charge in [-0.05, 0) is 80.3 Å². The number of benzene rings is 2. The molecule has 9 heteroatoms. The Morgan fingerprint density at radius 2 is 1.74 bits per heavy atom. The van der Waals surface area contributed by atoms with Crippen LogP contribution in [-0.2, 0) is 20.9 Å². The summed E-state index contributed by atoms with van der Waals surface area (Å²) >= 11 is 12.5. The first kappa shape index (κ1) is 29.4. The Kier molecular flexibility index (Phi) is 9.91. The zero-order chi connectivity index (χ0) is 28.1. The highest BCUT2D eigenvalue weighted by Crippen LogP contribution is 2.34. The molecule has 2 amide bonds. The van der Waals surface area contributed by atoms with Crippen LogP contribution in [0, 0.1) is 18.8 Å². The van der Waals surface area contributed by atoms with E-state index in [0.29, 0.717) is 22.5 Å². The number of ether oxygens (including phenoxy) is 1. The van der Waals surface area contributed by atoms with Gasteiger partial charge in [-0.25, -0.2) is 0 Å². The van der Waals surface area contributed by atoms with Crippen molar-refractivity contribution in [2.24, 2.45) is 11.8 Å². The summed E-state index contributed by atoms with van der Waals surface area (Å²) in [5.74, 6) is -0.0453. The molecular weight excluding hydrogens is 539 g/mol. The average Bonchev–Trinajstić information content (AvgIpc) is 3.23. The van der Waals surface area contributed by atoms with E-state index in [1.165, 1.54) is 4.90 Å². The van der Waals surface area contributed by atoms with Crippen molar-refractivity contribution < 1.29 is 24.2 Å². The second-order valence-electron chi connectivity index (χ2n) is 10.7. The third-order valence-corrected chi connectivity index (χ3v) is 8.75. The molecule has 1 aliphatic heterocycles. The summed E-state index contributed by atoms with van der Waals surface area (Å²) in [5, 5.41) is 10.4.